The first-order chi connectivity index (χ1) is 19.9. The Morgan fingerprint density at radius 3 is 2.26 bits per heavy atom. The van der Waals surface area contributed by atoms with Gasteiger partial charge in [-0.25, -0.2) is 4.68 Å². The number of nitrogens with zero attached hydrogens (tertiary/aromatic N) is 4. The van der Waals surface area contributed by atoms with Crippen molar-refractivity contribution in [2.75, 3.05) is 30.7 Å². The number of hydrogen-bond acceptors (Lipinski definition) is 11. The summed E-state index contributed by atoms with van der Waals surface area (Å²) in [6.45, 7) is -1.48. The number of hydrogen-bond donors (Lipinski definition) is 10. The lowest BCUT2D eigenvalue weighted by Crippen LogP contribution is -2.56. The third kappa shape index (κ3) is 11.7. The minimum atomic E-state index is -1.57. The number of aliphatic carboxylic acids is 1. The number of nitrogens with one attached hydrogen (secondary N) is 6. The number of rotatable bonds is 7. The van der Waals surface area contributed by atoms with Crippen molar-refractivity contribution < 1.29 is 38.7 Å². The topological polar surface area (TPSA) is 307 Å². The van der Waals surface area contributed by atoms with Crippen LogP contribution in [0.4, 0.5) is 5.82 Å². The Kier molecular flexibility index (Phi) is 12.9. The molecule has 2 rings (SSSR count). The van der Waals surface area contributed by atoms with Gasteiger partial charge in [-0.2, -0.15) is 12.6 Å². The van der Waals surface area contributed by atoms with E-state index >= 15 is 0 Å². The highest BCUT2D eigenvalue weighted by Crippen LogP contribution is 2.04. The summed E-state index contributed by atoms with van der Waals surface area (Å²) in [4.78, 5) is 90.6. The molecule has 6 amide bonds. The Morgan fingerprint density at radius 1 is 0.952 bits per heavy atom. The first-order valence-electron chi connectivity index (χ1n) is 12.4. The molecule has 0 radical (unpaired) electrons. The molecule has 2 bridgehead atoms. The summed E-state index contributed by atoms with van der Waals surface area (Å²) in [5, 5.41) is 30.5. The Bertz CT molecular complexity index is 1220. The average molecular weight is 613 g/mol. The number of carboxylic acid groups (broad SMARTS) is 1. The fraction of sp³-hybridized carbons (Fsp3) is 0.524. The second kappa shape index (κ2) is 16.3. The maximum atomic E-state index is 12.9. The Balaban J connectivity index is 2.28. The molecule has 11 N–H and O–H groups in total. The minimum Gasteiger partial charge on any atom is -0.481 e. The molecule has 0 aliphatic carbocycles. The van der Waals surface area contributed by atoms with E-state index < -0.39 is 85.6 Å². The SMILES string of the molecule is NC(N)=NCCC[C@@H]1NC(=O)[C@H](CS)NC(=O)CNC(=O)Cn2cc(nn2)NC(=O)[C@H](CC(=O)O)NC(=O)CNC1=O. The molecule has 1 aromatic heterocycles. The van der Waals surface area contributed by atoms with Gasteiger partial charge in [0.1, 0.15) is 24.7 Å². The first-order valence-corrected chi connectivity index (χ1v) is 13.0. The van der Waals surface area contributed by atoms with E-state index in [1.54, 1.807) is 0 Å². The fourth-order valence-electron chi connectivity index (χ4n) is 3.43. The second-order valence-corrected chi connectivity index (χ2v) is 9.18. The van der Waals surface area contributed by atoms with Crippen LogP contribution in [0.2, 0.25) is 0 Å². The van der Waals surface area contributed by atoms with Crippen molar-refractivity contribution in [3.63, 3.8) is 0 Å². The largest absolute Gasteiger partial charge is 0.481 e. The van der Waals surface area contributed by atoms with Gasteiger partial charge in [0, 0.05) is 12.3 Å². The monoisotopic (exact) mass is 612 g/mol. The van der Waals surface area contributed by atoms with Crippen molar-refractivity contribution in [2.45, 2.75) is 43.9 Å². The molecule has 0 saturated heterocycles. The van der Waals surface area contributed by atoms with Crippen LogP contribution in [0.15, 0.2) is 11.2 Å². The third-order valence-corrected chi connectivity index (χ3v) is 5.77. The lowest BCUT2D eigenvalue weighted by molar-refractivity contribution is -0.140. The van der Waals surface area contributed by atoms with Gasteiger partial charge in [0.05, 0.1) is 25.7 Å². The molecule has 0 unspecified atom stereocenters. The van der Waals surface area contributed by atoms with E-state index in [0.29, 0.717) is 0 Å². The number of carbonyl (C=O) groups is 7. The van der Waals surface area contributed by atoms with Crippen molar-refractivity contribution >= 4 is 65.8 Å². The van der Waals surface area contributed by atoms with Crippen molar-refractivity contribution in [1.82, 2.24) is 41.6 Å². The molecule has 0 spiro atoms. The molecule has 0 saturated carbocycles. The van der Waals surface area contributed by atoms with Gasteiger partial charge in [-0.1, -0.05) is 5.21 Å². The zero-order valence-electron chi connectivity index (χ0n) is 22.2. The van der Waals surface area contributed by atoms with Crippen LogP contribution in [-0.4, -0.2) is 111 Å². The molecule has 21 heteroatoms. The number of anilines is 1. The fourth-order valence-corrected chi connectivity index (χ4v) is 3.69. The highest BCUT2D eigenvalue weighted by Gasteiger charge is 2.28. The van der Waals surface area contributed by atoms with Crippen LogP contribution in [0.5, 0.6) is 0 Å². The highest BCUT2D eigenvalue weighted by molar-refractivity contribution is 7.80. The number of amides is 6. The van der Waals surface area contributed by atoms with Crippen LogP contribution in [0.1, 0.15) is 19.3 Å². The molecule has 3 atom stereocenters. The van der Waals surface area contributed by atoms with Crippen LogP contribution in [0.3, 0.4) is 0 Å². The van der Waals surface area contributed by atoms with Crippen LogP contribution >= 0.6 is 12.6 Å². The number of guanidine groups is 1. The van der Waals surface area contributed by atoms with Gasteiger partial charge >= 0.3 is 5.97 Å². The Labute approximate surface area is 243 Å². The summed E-state index contributed by atoms with van der Waals surface area (Å²) in [6.07, 6.45) is 0.604. The molecular weight excluding hydrogens is 580 g/mol. The molecule has 0 fully saturated rings. The predicted octanol–water partition coefficient (Wildman–Crippen LogP) is -5.62. The summed E-state index contributed by atoms with van der Waals surface area (Å²) in [5.74, 6) is -6.76. The molecule has 1 aliphatic rings. The quantitative estimate of drug-likeness (QED) is 0.0596. The van der Waals surface area contributed by atoms with Crippen molar-refractivity contribution in [2.24, 2.45) is 16.5 Å². The van der Waals surface area contributed by atoms with Crippen molar-refractivity contribution in [3.05, 3.63) is 6.20 Å². The summed E-state index contributed by atoms with van der Waals surface area (Å²) >= 11 is 4.07. The molecular formula is C21H32N12O8S. The molecule has 2 heterocycles. The number of carbonyl (C=O) groups excluding carboxylic acids is 6. The van der Waals surface area contributed by atoms with Crippen LogP contribution in [0, 0.1) is 0 Å². The number of nitrogens with two attached hydrogens (primary N) is 2. The summed E-state index contributed by atoms with van der Waals surface area (Å²) in [7, 11) is 0. The van der Waals surface area contributed by atoms with Gasteiger partial charge < -0.3 is 48.5 Å². The molecule has 20 nitrogen and oxygen atoms in total. The maximum Gasteiger partial charge on any atom is 0.305 e. The molecule has 1 aliphatic heterocycles. The number of aromatic nitrogens is 3. The number of carboxylic acids is 1. The van der Waals surface area contributed by atoms with Gasteiger partial charge in [0.15, 0.2) is 11.8 Å². The van der Waals surface area contributed by atoms with E-state index in [0.717, 1.165) is 10.9 Å². The van der Waals surface area contributed by atoms with Crippen LogP contribution < -0.4 is 43.4 Å². The van der Waals surface area contributed by atoms with E-state index in [9.17, 15) is 38.7 Å². The van der Waals surface area contributed by atoms with Crippen molar-refractivity contribution in [1.29, 1.82) is 0 Å². The number of aliphatic imine (C=N–C) groups is 1. The molecule has 0 aromatic carbocycles. The van der Waals surface area contributed by atoms with Gasteiger partial charge in [-0.05, 0) is 12.8 Å². The Hall–Kier alpha value is -4.95. The zero-order valence-corrected chi connectivity index (χ0v) is 23.1. The summed E-state index contributed by atoms with van der Waals surface area (Å²) in [6, 6.07) is -3.99. The van der Waals surface area contributed by atoms with E-state index in [1.165, 1.54) is 0 Å². The summed E-state index contributed by atoms with van der Waals surface area (Å²) < 4.78 is 1.03. The first kappa shape index (κ1) is 33.3. The highest BCUT2D eigenvalue weighted by atomic mass is 32.1. The smallest absolute Gasteiger partial charge is 0.305 e. The van der Waals surface area contributed by atoms with E-state index in [4.69, 9.17) is 11.5 Å². The van der Waals surface area contributed by atoms with Crippen LogP contribution in [-0.2, 0) is 40.1 Å². The van der Waals surface area contributed by atoms with Crippen LogP contribution in [0.25, 0.3) is 0 Å². The zero-order chi connectivity index (χ0) is 31.2. The number of fused-ring (bicyclic) bond motifs is 2. The van der Waals surface area contributed by atoms with E-state index in [1.807, 2.05) is 0 Å². The summed E-state index contributed by atoms with van der Waals surface area (Å²) in [5.41, 5.74) is 10.6. The normalized spacial score (nSPS) is 21.3. The van der Waals surface area contributed by atoms with E-state index in [-0.39, 0.29) is 36.9 Å². The second-order valence-electron chi connectivity index (χ2n) is 8.82. The average Bonchev–Trinajstić information content (AvgIpc) is 3.35. The Morgan fingerprint density at radius 2 is 1.62 bits per heavy atom. The lowest BCUT2D eigenvalue weighted by atomic mass is 10.1. The van der Waals surface area contributed by atoms with Gasteiger partial charge in [0.25, 0.3) is 0 Å². The third-order valence-electron chi connectivity index (χ3n) is 5.41. The van der Waals surface area contributed by atoms with Gasteiger partial charge in [-0.15, -0.1) is 5.10 Å². The number of thiol groups is 1. The predicted molar refractivity (Wildman–Crippen MR) is 146 cm³/mol. The lowest BCUT2D eigenvalue weighted by Gasteiger charge is -2.22. The molecule has 42 heavy (non-hydrogen) atoms. The minimum absolute atomic E-state index is 0.0173. The standard InChI is InChI=1S/C21H32N12O8S/c22-21(23)24-3-1-2-10-18(39)26-6-15(35)27-11(4-17(37)38)19(40)30-13-7-33(32-31-13)8-16(36)25-5-14(34)28-12(9-42)20(41)29-10/h7,10-12,42H,1-6,8-9H2,(H,25,36)(H,26,39)(H,27,35)(H,28,34)(H,29,41)(H,30,40)(H,37,38)(H4,22,23,24)/t10-,11-,12-/m0/s1. The van der Waals surface area contributed by atoms with Gasteiger partial charge in [0.2, 0.25) is 35.4 Å². The molecule has 230 valence electrons. The van der Waals surface area contributed by atoms with E-state index in [2.05, 4.69) is 59.8 Å². The molecule has 1 aromatic rings. The maximum absolute atomic E-state index is 12.9. The van der Waals surface area contributed by atoms with Crippen molar-refractivity contribution in [3.8, 4) is 0 Å². The van der Waals surface area contributed by atoms with Gasteiger partial charge in [-0.3, -0.25) is 38.6 Å².